The van der Waals surface area contributed by atoms with Gasteiger partial charge >= 0.3 is 0 Å². The van der Waals surface area contributed by atoms with Crippen molar-refractivity contribution in [1.29, 1.82) is 0 Å². The molecule has 1 aromatic carbocycles. The van der Waals surface area contributed by atoms with Gasteiger partial charge in [0.1, 0.15) is 0 Å². The summed E-state index contributed by atoms with van der Waals surface area (Å²) >= 11 is 2.06. The van der Waals surface area contributed by atoms with Gasteiger partial charge in [0.15, 0.2) is 0 Å². The molecule has 1 atom stereocenters. The van der Waals surface area contributed by atoms with E-state index in [0.717, 1.165) is 19.8 Å². The van der Waals surface area contributed by atoms with E-state index in [9.17, 15) is 0 Å². The predicted molar refractivity (Wildman–Crippen MR) is 74.4 cm³/mol. The minimum Gasteiger partial charge on any atom is -0.375 e. The maximum Gasteiger partial charge on any atom is 0.0717 e. The highest BCUT2D eigenvalue weighted by Crippen LogP contribution is 2.16. The van der Waals surface area contributed by atoms with E-state index < -0.39 is 0 Å². The number of rotatable bonds is 6. The van der Waals surface area contributed by atoms with Gasteiger partial charge in [0.2, 0.25) is 0 Å². The Morgan fingerprint density at radius 1 is 1.29 bits per heavy atom. The van der Waals surface area contributed by atoms with Gasteiger partial charge < -0.3 is 10.1 Å². The van der Waals surface area contributed by atoms with Crippen molar-refractivity contribution in [2.45, 2.75) is 25.5 Å². The van der Waals surface area contributed by atoms with Crippen LogP contribution in [0, 0.1) is 0 Å². The van der Waals surface area contributed by atoms with Crippen molar-refractivity contribution in [3.63, 3.8) is 0 Å². The molecule has 0 amide bonds. The van der Waals surface area contributed by atoms with Crippen LogP contribution in [-0.4, -0.2) is 30.7 Å². The molecule has 94 valence electrons. The van der Waals surface area contributed by atoms with Crippen LogP contribution in [0.1, 0.15) is 18.4 Å². The number of nitrogens with one attached hydrogen (secondary N) is 1. The second kappa shape index (κ2) is 7.75. The van der Waals surface area contributed by atoms with Gasteiger partial charge in [0.25, 0.3) is 0 Å². The minimum atomic E-state index is 0.703. The van der Waals surface area contributed by atoms with Gasteiger partial charge in [-0.25, -0.2) is 0 Å². The van der Waals surface area contributed by atoms with Gasteiger partial charge in [-0.15, -0.1) is 0 Å². The second-order valence-electron chi connectivity index (χ2n) is 4.41. The molecular weight excluding hydrogens is 230 g/mol. The zero-order chi connectivity index (χ0) is 11.8. The summed E-state index contributed by atoms with van der Waals surface area (Å²) in [4.78, 5) is 0. The Balaban J connectivity index is 1.51. The van der Waals surface area contributed by atoms with E-state index in [4.69, 9.17) is 4.74 Å². The van der Waals surface area contributed by atoms with Crippen molar-refractivity contribution in [1.82, 2.24) is 5.32 Å². The van der Waals surface area contributed by atoms with E-state index in [1.54, 1.807) is 0 Å². The summed E-state index contributed by atoms with van der Waals surface area (Å²) in [5.74, 6) is 2.60. The molecule has 1 aromatic rings. The van der Waals surface area contributed by atoms with Crippen LogP contribution in [0.2, 0.25) is 0 Å². The van der Waals surface area contributed by atoms with Crippen LogP contribution < -0.4 is 5.32 Å². The number of thioether (sulfide) groups is 1. The summed E-state index contributed by atoms with van der Waals surface area (Å²) in [6, 6.07) is 11.0. The summed E-state index contributed by atoms with van der Waals surface area (Å²) in [6.45, 7) is 2.50. The lowest BCUT2D eigenvalue weighted by atomic mass is 10.2. The quantitative estimate of drug-likeness (QED) is 0.786. The highest BCUT2D eigenvalue weighted by molar-refractivity contribution is 7.99. The first-order chi connectivity index (χ1) is 8.45. The molecule has 1 heterocycles. The first-order valence-corrected chi connectivity index (χ1v) is 7.53. The van der Waals surface area contributed by atoms with Gasteiger partial charge in [-0.05, 0) is 24.2 Å². The fraction of sp³-hybridized carbons (Fsp3) is 0.571. The lowest BCUT2D eigenvalue weighted by Gasteiger charge is -2.22. The number of benzene rings is 1. The number of ether oxygens (including phenoxy) is 1. The number of hydrogen-bond acceptors (Lipinski definition) is 3. The van der Waals surface area contributed by atoms with Gasteiger partial charge in [0, 0.05) is 18.3 Å². The summed E-state index contributed by atoms with van der Waals surface area (Å²) in [7, 11) is 0. The Hall–Kier alpha value is -0.510. The lowest BCUT2D eigenvalue weighted by Crippen LogP contribution is -2.35. The largest absolute Gasteiger partial charge is 0.375 e. The molecular formula is C14H21NOS. The molecule has 1 aliphatic rings. The molecule has 0 saturated carbocycles. The summed E-state index contributed by atoms with van der Waals surface area (Å²) in [5, 5.41) is 3.56. The Bertz CT molecular complexity index is 298. The third kappa shape index (κ3) is 5.11. The van der Waals surface area contributed by atoms with E-state index in [1.165, 1.54) is 29.9 Å². The summed E-state index contributed by atoms with van der Waals surface area (Å²) in [5.41, 5.74) is 1.25. The Kier molecular flexibility index (Phi) is 5.89. The fourth-order valence-electron chi connectivity index (χ4n) is 2.00. The molecule has 1 aliphatic heterocycles. The molecule has 0 aliphatic carbocycles. The third-order valence-corrected chi connectivity index (χ3v) is 4.17. The SMILES string of the molecule is c1ccc(COCCNC2CCCSC2)cc1. The maximum absolute atomic E-state index is 5.64. The standard InChI is InChI=1S/C14H21NOS/c1-2-5-13(6-3-1)11-16-9-8-15-14-7-4-10-17-12-14/h1-3,5-6,14-15H,4,7-12H2. The highest BCUT2D eigenvalue weighted by atomic mass is 32.2. The molecule has 17 heavy (non-hydrogen) atoms. The molecule has 0 aromatic heterocycles. The normalized spacial score (nSPS) is 20.4. The van der Waals surface area contributed by atoms with Crippen LogP contribution in [0.3, 0.4) is 0 Å². The molecule has 0 bridgehead atoms. The van der Waals surface area contributed by atoms with Crippen molar-refractivity contribution in [3.05, 3.63) is 35.9 Å². The molecule has 1 saturated heterocycles. The molecule has 1 N–H and O–H groups in total. The fourth-order valence-corrected chi connectivity index (χ4v) is 3.11. The van der Waals surface area contributed by atoms with E-state index >= 15 is 0 Å². The summed E-state index contributed by atoms with van der Waals surface area (Å²) < 4.78 is 5.64. The van der Waals surface area contributed by atoms with Crippen LogP contribution in [0.4, 0.5) is 0 Å². The van der Waals surface area contributed by atoms with Crippen LogP contribution in [0.15, 0.2) is 30.3 Å². The Morgan fingerprint density at radius 2 is 2.18 bits per heavy atom. The maximum atomic E-state index is 5.64. The van der Waals surface area contributed by atoms with Gasteiger partial charge in [-0.1, -0.05) is 30.3 Å². The monoisotopic (exact) mass is 251 g/mol. The van der Waals surface area contributed by atoms with Crippen molar-refractivity contribution in [2.75, 3.05) is 24.7 Å². The van der Waals surface area contributed by atoms with Crippen LogP contribution in [0.25, 0.3) is 0 Å². The Morgan fingerprint density at radius 3 is 2.94 bits per heavy atom. The molecule has 2 nitrogen and oxygen atoms in total. The molecule has 3 heteroatoms. The molecule has 2 rings (SSSR count). The van der Waals surface area contributed by atoms with Crippen LogP contribution in [0.5, 0.6) is 0 Å². The summed E-state index contributed by atoms with van der Waals surface area (Å²) in [6.07, 6.45) is 2.68. The van der Waals surface area contributed by atoms with E-state index in [-0.39, 0.29) is 0 Å². The van der Waals surface area contributed by atoms with Gasteiger partial charge in [-0.3, -0.25) is 0 Å². The van der Waals surface area contributed by atoms with Gasteiger partial charge in [0.05, 0.1) is 13.2 Å². The molecule has 0 radical (unpaired) electrons. The predicted octanol–water partition coefficient (Wildman–Crippen LogP) is 2.69. The van der Waals surface area contributed by atoms with E-state index in [0.29, 0.717) is 6.04 Å². The van der Waals surface area contributed by atoms with Crippen molar-refractivity contribution in [3.8, 4) is 0 Å². The average molecular weight is 251 g/mol. The molecule has 1 unspecified atom stereocenters. The Labute approximate surface area is 108 Å². The van der Waals surface area contributed by atoms with E-state index in [2.05, 4.69) is 41.3 Å². The first-order valence-electron chi connectivity index (χ1n) is 6.38. The number of hydrogen-bond donors (Lipinski definition) is 1. The lowest BCUT2D eigenvalue weighted by molar-refractivity contribution is 0.121. The van der Waals surface area contributed by atoms with E-state index in [1.807, 2.05) is 6.07 Å². The average Bonchev–Trinajstić information content (AvgIpc) is 2.41. The zero-order valence-electron chi connectivity index (χ0n) is 10.2. The van der Waals surface area contributed by atoms with Crippen molar-refractivity contribution < 1.29 is 4.74 Å². The molecule has 1 fully saturated rings. The van der Waals surface area contributed by atoms with Crippen LogP contribution in [-0.2, 0) is 11.3 Å². The molecule has 0 spiro atoms. The van der Waals surface area contributed by atoms with Crippen molar-refractivity contribution in [2.24, 2.45) is 0 Å². The first kappa shape index (κ1) is 12.9. The highest BCUT2D eigenvalue weighted by Gasteiger charge is 2.11. The van der Waals surface area contributed by atoms with Crippen LogP contribution >= 0.6 is 11.8 Å². The second-order valence-corrected chi connectivity index (χ2v) is 5.56. The third-order valence-electron chi connectivity index (χ3n) is 2.95. The minimum absolute atomic E-state index is 0.703. The topological polar surface area (TPSA) is 21.3 Å². The van der Waals surface area contributed by atoms with Gasteiger partial charge in [-0.2, -0.15) is 11.8 Å². The smallest absolute Gasteiger partial charge is 0.0717 e. The zero-order valence-corrected chi connectivity index (χ0v) is 11.0. The van der Waals surface area contributed by atoms with Crippen molar-refractivity contribution >= 4 is 11.8 Å².